The summed E-state index contributed by atoms with van der Waals surface area (Å²) in [5.41, 5.74) is 7.47. The summed E-state index contributed by atoms with van der Waals surface area (Å²) in [6.07, 6.45) is 3.94. The summed E-state index contributed by atoms with van der Waals surface area (Å²) in [5, 5.41) is 11.8. The Morgan fingerprint density at radius 2 is 1.94 bits per heavy atom. The van der Waals surface area contributed by atoms with E-state index in [0.29, 0.717) is 12.1 Å². The summed E-state index contributed by atoms with van der Waals surface area (Å²) in [7, 11) is 0. The number of halogens is 2. The molecule has 1 fully saturated rings. The zero-order chi connectivity index (χ0) is 22.3. The van der Waals surface area contributed by atoms with Crippen LogP contribution >= 0.6 is 11.8 Å². The van der Waals surface area contributed by atoms with Crippen molar-refractivity contribution in [1.82, 2.24) is 4.98 Å². The SMILES string of the molecule is CC(C)(C)[C@H]1O[C@@H](c2ccncc2N2C=CSC2c2c(F)cccc2F)C[C@@H](N)[C@@H]1O. The average Bonchev–Trinajstić information content (AvgIpc) is 3.18. The Bertz CT molecular complexity index is 961. The van der Waals surface area contributed by atoms with E-state index in [2.05, 4.69) is 4.98 Å². The third-order valence-corrected chi connectivity index (χ3v) is 6.79. The molecule has 166 valence electrons. The van der Waals surface area contributed by atoms with Gasteiger partial charge in [0.1, 0.15) is 17.0 Å². The molecule has 5 atom stereocenters. The van der Waals surface area contributed by atoms with Gasteiger partial charge in [-0.25, -0.2) is 8.78 Å². The molecule has 5 nitrogen and oxygen atoms in total. The molecule has 31 heavy (non-hydrogen) atoms. The number of hydrogen-bond donors (Lipinski definition) is 2. The van der Waals surface area contributed by atoms with Crippen molar-refractivity contribution in [1.29, 1.82) is 0 Å². The number of anilines is 1. The number of nitrogens with two attached hydrogens (primary N) is 1. The van der Waals surface area contributed by atoms with Crippen molar-refractivity contribution in [2.24, 2.45) is 11.1 Å². The molecule has 0 radical (unpaired) electrons. The summed E-state index contributed by atoms with van der Waals surface area (Å²) in [4.78, 5) is 6.06. The van der Waals surface area contributed by atoms with Gasteiger partial charge >= 0.3 is 0 Å². The number of rotatable bonds is 3. The quantitative estimate of drug-likeness (QED) is 0.714. The summed E-state index contributed by atoms with van der Waals surface area (Å²) in [5.74, 6) is -1.19. The lowest BCUT2D eigenvalue weighted by molar-refractivity contribution is -0.167. The fourth-order valence-corrected chi connectivity index (χ4v) is 5.23. The number of aliphatic hydroxyl groups is 1. The first-order valence-electron chi connectivity index (χ1n) is 10.3. The van der Waals surface area contributed by atoms with Crippen LogP contribution in [0.1, 0.15) is 49.8 Å². The average molecular weight is 448 g/mol. The zero-order valence-electron chi connectivity index (χ0n) is 17.7. The Morgan fingerprint density at radius 3 is 2.61 bits per heavy atom. The Hall–Kier alpha value is -2.00. The number of nitrogens with zero attached hydrogens (tertiary/aromatic N) is 2. The Morgan fingerprint density at radius 1 is 1.23 bits per heavy atom. The van der Waals surface area contributed by atoms with E-state index in [4.69, 9.17) is 10.5 Å². The minimum Gasteiger partial charge on any atom is -0.389 e. The number of pyridine rings is 1. The molecule has 0 amide bonds. The van der Waals surface area contributed by atoms with E-state index in [1.165, 1.54) is 30.0 Å². The molecule has 1 saturated heterocycles. The van der Waals surface area contributed by atoms with Gasteiger partial charge in [0.25, 0.3) is 0 Å². The lowest BCUT2D eigenvalue weighted by Crippen LogP contribution is -2.54. The van der Waals surface area contributed by atoms with Crippen LogP contribution in [-0.2, 0) is 4.74 Å². The van der Waals surface area contributed by atoms with Crippen LogP contribution in [0.25, 0.3) is 0 Å². The number of ether oxygens (including phenoxy) is 1. The van der Waals surface area contributed by atoms with E-state index in [1.807, 2.05) is 32.2 Å². The molecular formula is C23H27F2N3O2S. The van der Waals surface area contributed by atoms with Gasteiger partial charge in [0.15, 0.2) is 0 Å². The maximum absolute atomic E-state index is 14.5. The molecular weight excluding hydrogens is 420 g/mol. The van der Waals surface area contributed by atoms with Crippen LogP contribution in [0.2, 0.25) is 0 Å². The second kappa shape index (κ2) is 8.50. The second-order valence-corrected chi connectivity index (χ2v) is 10.0. The van der Waals surface area contributed by atoms with Crippen LogP contribution in [0.5, 0.6) is 0 Å². The van der Waals surface area contributed by atoms with Crippen LogP contribution < -0.4 is 10.6 Å². The summed E-state index contributed by atoms with van der Waals surface area (Å²) in [6.45, 7) is 6.00. The Labute approximate surface area is 185 Å². The molecule has 0 saturated carbocycles. The highest BCUT2D eigenvalue weighted by molar-refractivity contribution is 8.02. The van der Waals surface area contributed by atoms with E-state index in [9.17, 15) is 13.9 Å². The monoisotopic (exact) mass is 447 g/mol. The molecule has 4 rings (SSSR count). The minimum atomic E-state index is -0.774. The first-order chi connectivity index (χ1) is 14.7. The van der Waals surface area contributed by atoms with Gasteiger partial charge in [-0.15, -0.1) is 11.8 Å². The van der Waals surface area contributed by atoms with Crippen molar-refractivity contribution >= 4 is 17.4 Å². The normalized spacial score (nSPS) is 28.9. The standard InChI is InChI=1S/C23H27F2N3O2S/c1-23(2,3)21-20(29)16(26)11-18(30-21)13-7-8-27-12-17(13)28-9-10-31-22(28)19-14(24)5-4-6-15(19)25/h4-10,12,16,18,20-22,29H,11,26H2,1-3H3/t16-,18-,20+,21+,22?/m1/s1. The number of benzene rings is 1. The summed E-state index contributed by atoms with van der Waals surface area (Å²) >= 11 is 1.32. The van der Waals surface area contributed by atoms with Gasteiger partial charge in [0, 0.05) is 24.0 Å². The van der Waals surface area contributed by atoms with Gasteiger partial charge in [0.05, 0.1) is 35.8 Å². The highest BCUT2D eigenvalue weighted by Gasteiger charge is 2.43. The van der Waals surface area contributed by atoms with Crippen LogP contribution in [-0.4, -0.2) is 28.3 Å². The van der Waals surface area contributed by atoms with Gasteiger partial charge in [-0.1, -0.05) is 26.8 Å². The third-order valence-electron chi connectivity index (χ3n) is 5.79. The predicted octanol–water partition coefficient (Wildman–Crippen LogP) is 4.65. The minimum absolute atomic E-state index is 0.00319. The van der Waals surface area contributed by atoms with Crippen LogP contribution in [0, 0.1) is 17.0 Å². The van der Waals surface area contributed by atoms with Gasteiger partial charge in [-0.3, -0.25) is 4.98 Å². The Kier molecular flexibility index (Phi) is 6.09. The van der Waals surface area contributed by atoms with Crippen molar-refractivity contribution in [2.45, 2.75) is 56.9 Å². The zero-order valence-corrected chi connectivity index (χ0v) is 18.5. The van der Waals surface area contributed by atoms with Crippen LogP contribution in [0.4, 0.5) is 14.5 Å². The molecule has 1 aromatic heterocycles. The van der Waals surface area contributed by atoms with Crippen LogP contribution in [0.3, 0.4) is 0 Å². The fourth-order valence-electron chi connectivity index (χ4n) is 4.20. The molecule has 3 N–H and O–H groups in total. The molecule has 2 aliphatic rings. The third kappa shape index (κ3) is 4.22. The van der Waals surface area contributed by atoms with E-state index in [1.54, 1.807) is 23.5 Å². The molecule has 1 unspecified atom stereocenters. The van der Waals surface area contributed by atoms with Gasteiger partial charge < -0.3 is 20.5 Å². The molecule has 2 aliphatic heterocycles. The number of aromatic nitrogens is 1. The van der Waals surface area contributed by atoms with Gasteiger partial charge in [-0.05, 0) is 35.4 Å². The topological polar surface area (TPSA) is 71.6 Å². The molecule has 3 heterocycles. The van der Waals surface area contributed by atoms with E-state index < -0.39 is 35.3 Å². The molecule has 2 aromatic rings. The number of thioether (sulfide) groups is 1. The fraction of sp³-hybridized carbons (Fsp3) is 0.435. The van der Waals surface area contributed by atoms with Crippen molar-refractivity contribution < 1.29 is 18.6 Å². The molecule has 1 aromatic carbocycles. The lowest BCUT2D eigenvalue weighted by Gasteiger charge is -2.44. The Balaban J connectivity index is 1.71. The van der Waals surface area contributed by atoms with Crippen molar-refractivity contribution in [3.63, 3.8) is 0 Å². The van der Waals surface area contributed by atoms with Crippen molar-refractivity contribution in [3.05, 3.63) is 71.0 Å². The molecule has 0 bridgehead atoms. The van der Waals surface area contributed by atoms with Gasteiger partial charge in [0.2, 0.25) is 0 Å². The highest BCUT2D eigenvalue weighted by atomic mass is 32.2. The van der Waals surface area contributed by atoms with E-state index >= 15 is 0 Å². The lowest BCUT2D eigenvalue weighted by atomic mass is 9.79. The molecule has 0 aliphatic carbocycles. The van der Waals surface area contributed by atoms with Crippen molar-refractivity contribution in [2.75, 3.05) is 4.90 Å². The smallest absolute Gasteiger partial charge is 0.132 e. The number of hydrogen-bond acceptors (Lipinski definition) is 6. The highest BCUT2D eigenvalue weighted by Crippen LogP contribution is 2.47. The predicted molar refractivity (Wildman–Crippen MR) is 118 cm³/mol. The maximum Gasteiger partial charge on any atom is 0.132 e. The van der Waals surface area contributed by atoms with E-state index in [-0.39, 0.29) is 17.1 Å². The maximum atomic E-state index is 14.5. The summed E-state index contributed by atoms with van der Waals surface area (Å²) < 4.78 is 35.4. The van der Waals surface area contributed by atoms with Crippen molar-refractivity contribution in [3.8, 4) is 0 Å². The molecule has 0 spiro atoms. The van der Waals surface area contributed by atoms with E-state index in [0.717, 1.165) is 5.56 Å². The summed E-state index contributed by atoms with van der Waals surface area (Å²) in [6, 6.07) is 5.27. The largest absolute Gasteiger partial charge is 0.389 e. The first kappa shape index (κ1) is 22.2. The first-order valence-corrected chi connectivity index (χ1v) is 11.2. The molecule has 8 heteroatoms. The second-order valence-electron chi connectivity index (χ2n) is 9.05. The van der Waals surface area contributed by atoms with Gasteiger partial charge in [-0.2, -0.15) is 0 Å². The number of aliphatic hydroxyl groups excluding tert-OH is 1. The van der Waals surface area contributed by atoms with Crippen LogP contribution in [0.15, 0.2) is 48.3 Å².